The molecule has 3 aliphatic rings. The summed E-state index contributed by atoms with van der Waals surface area (Å²) in [6.07, 6.45) is 2.36. The zero-order chi connectivity index (χ0) is 14.8. The van der Waals surface area contributed by atoms with E-state index in [4.69, 9.17) is 5.11 Å². The van der Waals surface area contributed by atoms with Gasteiger partial charge in [-0.05, 0) is 30.0 Å². The van der Waals surface area contributed by atoms with Crippen LogP contribution in [0.5, 0.6) is 0 Å². The largest absolute Gasteiger partial charge is 0.481 e. The van der Waals surface area contributed by atoms with Crippen LogP contribution in [0.15, 0.2) is 24.3 Å². The van der Waals surface area contributed by atoms with Crippen molar-refractivity contribution in [1.29, 1.82) is 0 Å². The molecular formula is C13H18N2O4S. The van der Waals surface area contributed by atoms with E-state index in [1.807, 2.05) is 0 Å². The lowest BCUT2D eigenvalue weighted by Gasteiger charge is -2.29. The molecule has 0 aromatic carbocycles. The fourth-order valence-electron chi connectivity index (χ4n) is 2.17. The summed E-state index contributed by atoms with van der Waals surface area (Å²) in [5, 5.41) is 10.2. The third-order valence-electron chi connectivity index (χ3n) is 3.18. The maximum absolute atomic E-state index is 10.9. The molecule has 2 aliphatic carbocycles. The Morgan fingerprint density at radius 3 is 2.45 bits per heavy atom. The minimum atomic E-state index is -3.29. The first-order chi connectivity index (χ1) is 9.35. The van der Waals surface area contributed by atoms with Crippen molar-refractivity contribution in [3.8, 4) is 11.1 Å². The van der Waals surface area contributed by atoms with Gasteiger partial charge in [0.2, 0.25) is 10.0 Å². The molecule has 0 spiro atoms. The van der Waals surface area contributed by atoms with Crippen LogP contribution in [-0.4, -0.2) is 43.8 Å². The number of piperidine rings is 1. The molecule has 0 unspecified atom stereocenters. The summed E-state index contributed by atoms with van der Waals surface area (Å²) in [4.78, 5) is 12.9. The number of hydrogen-bond acceptors (Lipinski definition) is 4. The van der Waals surface area contributed by atoms with Crippen LogP contribution in [0, 0.1) is 5.92 Å². The minimum absolute atomic E-state index is 0.238. The first kappa shape index (κ1) is 15.0. The number of hydrazine groups is 1. The molecule has 0 saturated carbocycles. The number of sulfonamides is 1. The monoisotopic (exact) mass is 298 g/mol. The van der Waals surface area contributed by atoms with E-state index in [-0.39, 0.29) is 6.54 Å². The predicted octanol–water partition coefficient (Wildman–Crippen LogP) is 0.914. The molecule has 0 bridgehead atoms. The number of carboxylic acids is 1. The molecule has 6 nitrogen and oxygen atoms in total. The Morgan fingerprint density at radius 2 is 2.05 bits per heavy atom. The molecule has 20 heavy (non-hydrogen) atoms. The van der Waals surface area contributed by atoms with Gasteiger partial charge < -0.3 is 5.11 Å². The molecule has 1 saturated heterocycles. The number of fused-ring (bicyclic) bond motifs is 1. The number of nitrogens with zero attached hydrogens (tertiary/aromatic N) is 1. The highest BCUT2D eigenvalue weighted by Gasteiger charge is 2.26. The molecule has 110 valence electrons. The number of nitrogens with one attached hydrogen (secondary N) is 1. The Balaban J connectivity index is 0.000000198. The Morgan fingerprint density at radius 1 is 1.40 bits per heavy atom. The van der Waals surface area contributed by atoms with Gasteiger partial charge in [-0.2, -0.15) is 0 Å². The van der Waals surface area contributed by atoms with Gasteiger partial charge >= 0.3 is 5.97 Å². The number of rotatable bonds is 3. The van der Waals surface area contributed by atoms with Crippen LogP contribution < -0.4 is 4.83 Å². The molecule has 0 amide bonds. The fraction of sp³-hybridized carbons (Fsp3) is 0.462. The molecule has 1 aliphatic heterocycles. The van der Waals surface area contributed by atoms with Gasteiger partial charge in [-0.3, -0.25) is 4.79 Å². The first-order valence-corrected chi connectivity index (χ1v) is 8.30. The molecule has 3 rings (SSSR count). The maximum Gasteiger partial charge on any atom is 0.307 e. The number of aliphatic carboxylic acids is 1. The smallest absolute Gasteiger partial charge is 0.307 e. The Kier molecular flexibility index (Phi) is 4.42. The van der Waals surface area contributed by atoms with Gasteiger partial charge in [-0.25, -0.2) is 13.4 Å². The number of benzene rings is 1. The summed E-state index contributed by atoms with van der Waals surface area (Å²) in [6.45, 7) is 0.805. The zero-order valence-corrected chi connectivity index (χ0v) is 12.1. The number of hydrogen-bond donors (Lipinski definition) is 2. The van der Waals surface area contributed by atoms with Crippen LogP contribution in [0.4, 0.5) is 0 Å². The quantitative estimate of drug-likeness (QED) is 0.879. The van der Waals surface area contributed by atoms with Crippen molar-refractivity contribution in [2.75, 3.05) is 19.3 Å². The highest BCUT2D eigenvalue weighted by atomic mass is 32.2. The topological polar surface area (TPSA) is 86.7 Å². The van der Waals surface area contributed by atoms with Gasteiger partial charge in [0.05, 0.1) is 12.2 Å². The summed E-state index contributed by atoms with van der Waals surface area (Å²) in [5.74, 6) is -1.34. The van der Waals surface area contributed by atoms with Crippen molar-refractivity contribution < 1.29 is 18.3 Å². The molecule has 0 radical (unpaired) electrons. The van der Waals surface area contributed by atoms with Crippen LogP contribution in [0.1, 0.15) is 12.8 Å². The van der Waals surface area contributed by atoms with Crippen molar-refractivity contribution in [2.45, 2.75) is 12.8 Å². The van der Waals surface area contributed by atoms with E-state index in [0.717, 1.165) is 6.26 Å². The molecule has 0 aromatic heterocycles. The summed E-state index contributed by atoms with van der Waals surface area (Å²) in [7, 11) is -3.29. The molecule has 1 atom stereocenters. The van der Waals surface area contributed by atoms with Gasteiger partial charge in [-0.15, -0.1) is 4.83 Å². The lowest BCUT2D eigenvalue weighted by atomic mass is 10.00. The zero-order valence-electron chi connectivity index (χ0n) is 11.2. The van der Waals surface area contributed by atoms with E-state index in [1.54, 1.807) is 0 Å². The predicted molar refractivity (Wildman–Crippen MR) is 75.3 cm³/mol. The van der Waals surface area contributed by atoms with Gasteiger partial charge in [0.15, 0.2) is 0 Å². The first-order valence-electron chi connectivity index (χ1n) is 6.41. The van der Waals surface area contributed by atoms with E-state index in [0.29, 0.717) is 19.4 Å². The van der Waals surface area contributed by atoms with E-state index >= 15 is 0 Å². The average Bonchev–Trinajstić information content (AvgIpc) is 2.95. The van der Waals surface area contributed by atoms with E-state index in [2.05, 4.69) is 29.1 Å². The Hall–Kier alpha value is -1.44. The highest BCUT2D eigenvalue weighted by molar-refractivity contribution is 7.88. The van der Waals surface area contributed by atoms with Crippen molar-refractivity contribution >= 4 is 16.0 Å². The third-order valence-corrected chi connectivity index (χ3v) is 3.77. The van der Waals surface area contributed by atoms with Crippen LogP contribution in [0.3, 0.4) is 0 Å². The fourth-order valence-corrected chi connectivity index (χ4v) is 2.81. The van der Waals surface area contributed by atoms with Gasteiger partial charge in [0.25, 0.3) is 0 Å². The number of carboxylic acid groups (broad SMARTS) is 1. The molecule has 2 N–H and O–H groups in total. The standard InChI is InChI=1S/C7H14N2O4S.C6H4/c1-14(12,13)8-9-4-2-3-6(5-9)7(10)11;1-2-5-4-6(5)3-1/h6,8H,2-5H2,1H3,(H,10,11);1-4H/t6-;/m0./s1. The van der Waals surface area contributed by atoms with Gasteiger partial charge in [0.1, 0.15) is 0 Å². The van der Waals surface area contributed by atoms with Crippen molar-refractivity contribution in [3.05, 3.63) is 24.3 Å². The summed E-state index contributed by atoms with van der Waals surface area (Å²) >= 11 is 0. The SMILES string of the molecule is CS(=O)(=O)NN1CCC[C@H](C(=O)O)C1.c1cc2cc-2c1. The molecule has 0 aromatic rings. The van der Waals surface area contributed by atoms with Crippen LogP contribution in [0.2, 0.25) is 0 Å². The lowest BCUT2D eigenvalue weighted by molar-refractivity contribution is -0.143. The summed E-state index contributed by atoms with van der Waals surface area (Å²) in [6, 6.07) is 8.48. The van der Waals surface area contributed by atoms with Gasteiger partial charge in [0, 0.05) is 13.1 Å². The average molecular weight is 298 g/mol. The van der Waals surface area contributed by atoms with Crippen LogP contribution in [-0.2, 0) is 14.8 Å². The molecule has 7 heteroatoms. The summed E-state index contributed by atoms with van der Waals surface area (Å²) < 4.78 is 21.8. The Bertz CT molecular complexity index is 583. The molecule has 1 fully saturated rings. The molecule has 1 heterocycles. The van der Waals surface area contributed by atoms with Crippen molar-refractivity contribution in [1.82, 2.24) is 9.84 Å². The van der Waals surface area contributed by atoms with E-state index < -0.39 is 21.9 Å². The second kappa shape index (κ2) is 5.90. The highest BCUT2D eigenvalue weighted by Crippen LogP contribution is 2.32. The second-order valence-electron chi connectivity index (χ2n) is 5.07. The lowest BCUT2D eigenvalue weighted by Crippen LogP contribution is -2.48. The maximum atomic E-state index is 10.9. The van der Waals surface area contributed by atoms with Gasteiger partial charge in [-0.1, -0.05) is 18.2 Å². The van der Waals surface area contributed by atoms with E-state index in [1.165, 1.54) is 16.1 Å². The Labute approximate surface area is 118 Å². The third kappa shape index (κ3) is 4.59. The van der Waals surface area contributed by atoms with Crippen molar-refractivity contribution in [2.24, 2.45) is 5.92 Å². The van der Waals surface area contributed by atoms with Crippen LogP contribution in [0.25, 0.3) is 11.1 Å². The summed E-state index contributed by atoms with van der Waals surface area (Å²) in [5.41, 5.74) is 2.85. The van der Waals surface area contributed by atoms with Crippen molar-refractivity contribution in [3.63, 3.8) is 0 Å². The number of carbonyl (C=O) groups is 1. The minimum Gasteiger partial charge on any atom is -0.481 e. The normalized spacial score (nSPS) is 20.8. The molecular weight excluding hydrogens is 280 g/mol. The van der Waals surface area contributed by atoms with E-state index in [9.17, 15) is 13.2 Å². The van der Waals surface area contributed by atoms with Crippen LogP contribution >= 0.6 is 0 Å². The second-order valence-corrected chi connectivity index (χ2v) is 6.79.